The zero-order chi connectivity index (χ0) is 15.1. The number of amides is 2. The molecule has 2 N–H and O–H groups in total. The average molecular weight is 284 g/mol. The van der Waals surface area contributed by atoms with Gasteiger partial charge in [-0.15, -0.1) is 0 Å². The first-order valence-electron chi connectivity index (χ1n) is 5.83. The van der Waals surface area contributed by atoms with Crippen LogP contribution in [0.3, 0.4) is 0 Å². The minimum absolute atomic E-state index is 0.165. The monoisotopic (exact) mass is 284 g/mol. The molecule has 0 atom stereocenters. The quantitative estimate of drug-likeness (QED) is 0.710. The summed E-state index contributed by atoms with van der Waals surface area (Å²) >= 11 is 0. The Morgan fingerprint density at radius 1 is 1.50 bits per heavy atom. The first-order chi connectivity index (χ1) is 9.46. The molecule has 0 bridgehead atoms. The number of hydrogen-bond donors (Lipinski definition) is 2. The van der Waals surface area contributed by atoms with Crippen LogP contribution in [-0.2, 0) is 20.9 Å². The molecule has 9 nitrogen and oxygen atoms in total. The van der Waals surface area contributed by atoms with Gasteiger partial charge in [-0.1, -0.05) is 0 Å². The summed E-state index contributed by atoms with van der Waals surface area (Å²) in [7, 11) is 1.24. The van der Waals surface area contributed by atoms with Crippen LogP contribution in [0.4, 0.5) is 10.5 Å². The summed E-state index contributed by atoms with van der Waals surface area (Å²) in [6, 6.07) is -0.493. The molecule has 0 unspecified atom stereocenters. The summed E-state index contributed by atoms with van der Waals surface area (Å²) in [4.78, 5) is 34.8. The Bertz CT molecular complexity index is 499. The number of carboxylic acids is 1. The highest BCUT2D eigenvalue weighted by molar-refractivity contribution is 5.91. The van der Waals surface area contributed by atoms with Gasteiger partial charge < -0.3 is 20.1 Å². The number of urea groups is 1. The van der Waals surface area contributed by atoms with E-state index in [1.807, 2.05) is 0 Å². The fourth-order valence-electron chi connectivity index (χ4n) is 1.40. The van der Waals surface area contributed by atoms with Crippen LogP contribution in [0.5, 0.6) is 0 Å². The maximum absolute atomic E-state index is 11.9. The largest absolute Gasteiger partial charge is 0.480 e. The standard InChI is InChI=1S/C11H16N4O5/c1-3-14(7-10(18)20-2)11(19)13-8-4-12-15(5-8)6-9(16)17/h4-5H,3,6-7H2,1-2H3,(H,13,19)(H,16,17). The molecular formula is C11H16N4O5. The molecule has 0 aromatic carbocycles. The van der Waals surface area contributed by atoms with Crippen LogP contribution in [-0.4, -0.2) is 58.0 Å². The Labute approximate surface area is 115 Å². The van der Waals surface area contributed by atoms with Gasteiger partial charge in [-0.2, -0.15) is 5.10 Å². The summed E-state index contributed by atoms with van der Waals surface area (Å²) in [6.45, 7) is 1.58. The summed E-state index contributed by atoms with van der Waals surface area (Å²) in [6.07, 6.45) is 2.71. The molecule has 0 aliphatic carbocycles. The Hall–Kier alpha value is -2.58. The summed E-state index contributed by atoms with van der Waals surface area (Å²) in [5, 5.41) is 14.9. The molecule has 0 aliphatic heterocycles. The van der Waals surface area contributed by atoms with Crippen LogP contribution < -0.4 is 5.32 Å². The number of methoxy groups -OCH3 is 1. The number of aliphatic carboxylic acids is 1. The second-order valence-corrected chi connectivity index (χ2v) is 3.84. The van der Waals surface area contributed by atoms with E-state index in [1.54, 1.807) is 6.92 Å². The predicted molar refractivity (Wildman–Crippen MR) is 68.1 cm³/mol. The number of ether oxygens (including phenoxy) is 1. The number of carbonyl (C=O) groups is 3. The van der Waals surface area contributed by atoms with Crippen molar-refractivity contribution in [2.75, 3.05) is 25.5 Å². The fourth-order valence-corrected chi connectivity index (χ4v) is 1.40. The van der Waals surface area contributed by atoms with Crippen LogP contribution in [0, 0.1) is 0 Å². The molecule has 1 rings (SSSR count). The number of likely N-dealkylation sites (N-methyl/N-ethyl adjacent to an activating group) is 1. The Morgan fingerprint density at radius 3 is 2.75 bits per heavy atom. The molecule has 0 saturated carbocycles. The van der Waals surface area contributed by atoms with Gasteiger partial charge in [0.1, 0.15) is 13.1 Å². The van der Waals surface area contributed by atoms with Crippen LogP contribution in [0.25, 0.3) is 0 Å². The van der Waals surface area contributed by atoms with E-state index in [1.165, 1.54) is 29.1 Å². The molecule has 0 fully saturated rings. The van der Waals surface area contributed by atoms with E-state index >= 15 is 0 Å². The second-order valence-electron chi connectivity index (χ2n) is 3.84. The number of esters is 1. The predicted octanol–water partition coefficient (Wildman–Crippen LogP) is -0.00550. The number of aromatic nitrogens is 2. The van der Waals surface area contributed by atoms with E-state index in [4.69, 9.17) is 5.11 Å². The van der Waals surface area contributed by atoms with E-state index < -0.39 is 18.0 Å². The Balaban J connectivity index is 2.61. The third-order valence-electron chi connectivity index (χ3n) is 2.40. The highest BCUT2D eigenvalue weighted by atomic mass is 16.5. The van der Waals surface area contributed by atoms with Gasteiger partial charge >= 0.3 is 18.0 Å². The van der Waals surface area contributed by atoms with Crippen molar-refractivity contribution in [3.05, 3.63) is 12.4 Å². The number of hydrogen-bond acceptors (Lipinski definition) is 5. The van der Waals surface area contributed by atoms with Gasteiger partial charge in [-0.25, -0.2) is 4.79 Å². The lowest BCUT2D eigenvalue weighted by atomic mass is 10.5. The highest BCUT2D eigenvalue weighted by Crippen LogP contribution is 2.06. The van der Waals surface area contributed by atoms with Crippen LogP contribution >= 0.6 is 0 Å². The molecule has 110 valence electrons. The smallest absolute Gasteiger partial charge is 0.325 e. The lowest BCUT2D eigenvalue weighted by Crippen LogP contribution is -2.38. The normalized spacial score (nSPS) is 9.90. The first kappa shape index (κ1) is 15.5. The van der Waals surface area contributed by atoms with E-state index in [-0.39, 0.29) is 13.1 Å². The van der Waals surface area contributed by atoms with Crippen LogP contribution in [0.2, 0.25) is 0 Å². The molecule has 2 amide bonds. The number of carboxylic acid groups (broad SMARTS) is 1. The first-order valence-corrected chi connectivity index (χ1v) is 5.83. The van der Waals surface area contributed by atoms with Gasteiger partial charge in [0.05, 0.1) is 19.0 Å². The van der Waals surface area contributed by atoms with Gasteiger partial charge in [0.2, 0.25) is 0 Å². The minimum Gasteiger partial charge on any atom is -0.480 e. The lowest BCUT2D eigenvalue weighted by molar-refractivity contribution is -0.141. The van der Waals surface area contributed by atoms with E-state index in [0.717, 1.165) is 0 Å². The van der Waals surface area contributed by atoms with Crippen molar-refractivity contribution < 1.29 is 24.2 Å². The van der Waals surface area contributed by atoms with E-state index in [0.29, 0.717) is 12.2 Å². The fraction of sp³-hybridized carbons (Fsp3) is 0.455. The Morgan fingerprint density at radius 2 is 2.20 bits per heavy atom. The Kier molecular flexibility index (Phi) is 5.51. The maximum Gasteiger partial charge on any atom is 0.325 e. The van der Waals surface area contributed by atoms with Crippen LogP contribution in [0.1, 0.15) is 6.92 Å². The topological polar surface area (TPSA) is 114 Å². The lowest BCUT2D eigenvalue weighted by Gasteiger charge is -2.19. The van der Waals surface area contributed by atoms with Crippen molar-refractivity contribution in [2.45, 2.75) is 13.5 Å². The zero-order valence-electron chi connectivity index (χ0n) is 11.2. The molecule has 20 heavy (non-hydrogen) atoms. The van der Waals surface area contributed by atoms with Crippen molar-refractivity contribution in [2.24, 2.45) is 0 Å². The molecule has 1 aromatic rings. The van der Waals surface area contributed by atoms with Gasteiger partial charge in [-0.05, 0) is 6.92 Å². The van der Waals surface area contributed by atoms with Crippen LogP contribution in [0.15, 0.2) is 12.4 Å². The average Bonchev–Trinajstić information content (AvgIpc) is 2.81. The highest BCUT2D eigenvalue weighted by Gasteiger charge is 2.16. The molecule has 0 saturated heterocycles. The summed E-state index contributed by atoms with van der Waals surface area (Å²) in [5.41, 5.74) is 0.347. The molecule has 1 aromatic heterocycles. The van der Waals surface area contributed by atoms with Crippen molar-refractivity contribution >= 4 is 23.7 Å². The van der Waals surface area contributed by atoms with Crippen molar-refractivity contribution in [3.63, 3.8) is 0 Å². The maximum atomic E-state index is 11.9. The number of carbonyl (C=O) groups excluding carboxylic acids is 2. The van der Waals surface area contributed by atoms with Crippen molar-refractivity contribution in [1.29, 1.82) is 0 Å². The van der Waals surface area contributed by atoms with Gasteiger partial charge in [-0.3, -0.25) is 14.3 Å². The van der Waals surface area contributed by atoms with Gasteiger partial charge in [0.15, 0.2) is 0 Å². The zero-order valence-corrected chi connectivity index (χ0v) is 11.2. The van der Waals surface area contributed by atoms with Crippen molar-refractivity contribution in [1.82, 2.24) is 14.7 Å². The summed E-state index contributed by atoms with van der Waals surface area (Å²) < 4.78 is 5.66. The third kappa shape index (κ3) is 4.59. The van der Waals surface area contributed by atoms with E-state index in [9.17, 15) is 14.4 Å². The molecule has 0 radical (unpaired) electrons. The molecule has 0 aliphatic rings. The number of nitrogens with one attached hydrogen (secondary N) is 1. The number of anilines is 1. The number of nitrogens with zero attached hydrogens (tertiary/aromatic N) is 3. The molecular weight excluding hydrogens is 268 g/mol. The molecule has 0 spiro atoms. The SMILES string of the molecule is CCN(CC(=O)OC)C(=O)Nc1cnn(CC(=O)O)c1. The minimum atomic E-state index is -1.04. The third-order valence-corrected chi connectivity index (χ3v) is 2.40. The summed E-state index contributed by atoms with van der Waals surface area (Å²) in [5.74, 6) is -1.56. The molecule has 9 heteroatoms. The van der Waals surface area contributed by atoms with Gasteiger partial charge in [0.25, 0.3) is 0 Å². The molecule has 1 heterocycles. The van der Waals surface area contributed by atoms with Gasteiger partial charge in [0, 0.05) is 12.7 Å². The number of rotatable bonds is 6. The van der Waals surface area contributed by atoms with Crippen molar-refractivity contribution in [3.8, 4) is 0 Å². The second kappa shape index (κ2) is 7.12. The van der Waals surface area contributed by atoms with E-state index in [2.05, 4.69) is 15.2 Å².